The second-order valence-corrected chi connectivity index (χ2v) is 7.51. The number of benzene rings is 2. The van der Waals surface area contributed by atoms with Crippen LogP contribution in [0.1, 0.15) is 28.5 Å². The number of halogens is 1. The van der Waals surface area contributed by atoms with Gasteiger partial charge in [0, 0.05) is 10.0 Å². The number of aryl methyl sites for hydroxylation is 1. The van der Waals surface area contributed by atoms with Crippen molar-refractivity contribution in [2.45, 2.75) is 19.5 Å². The van der Waals surface area contributed by atoms with Gasteiger partial charge in [-0.25, -0.2) is 0 Å². The van der Waals surface area contributed by atoms with Gasteiger partial charge in [-0.2, -0.15) is 0 Å². The molecular formula is C22H18BrNO3. The fourth-order valence-electron chi connectivity index (χ4n) is 3.41. The zero-order valence-electron chi connectivity index (χ0n) is 14.7. The summed E-state index contributed by atoms with van der Waals surface area (Å²) in [6.07, 6.45) is 1.58. The van der Waals surface area contributed by atoms with E-state index < -0.39 is 11.9 Å². The summed E-state index contributed by atoms with van der Waals surface area (Å²) in [5.41, 5.74) is 3.50. The van der Waals surface area contributed by atoms with Crippen molar-refractivity contribution in [2.75, 3.05) is 0 Å². The van der Waals surface area contributed by atoms with Crippen LogP contribution < -0.4 is 0 Å². The molecule has 27 heavy (non-hydrogen) atoms. The van der Waals surface area contributed by atoms with Gasteiger partial charge < -0.3 is 14.4 Å². The first-order valence-electron chi connectivity index (χ1n) is 8.63. The van der Waals surface area contributed by atoms with Crippen LogP contribution in [0.5, 0.6) is 0 Å². The Kier molecular flexibility index (Phi) is 4.62. The molecule has 1 N–H and O–H groups in total. The van der Waals surface area contributed by atoms with Gasteiger partial charge in [0.05, 0.1) is 18.8 Å². The van der Waals surface area contributed by atoms with E-state index in [1.165, 1.54) is 0 Å². The number of nitrogens with zero attached hydrogens (tertiary/aromatic N) is 1. The van der Waals surface area contributed by atoms with Crippen molar-refractivity contribution >= 4 is 27.4 Å². The summed E-state index contributed by atoms with van der Waals surface area (Å²) >= 11 is 3.45. The number of carbonyl (C=O) groups excluding carboxylic acids is 1. The molecule has 0 fully saturated rings. The van der Waals surface area contributed by atoms with Crippen LogP contribution in [0.15, 0.2) is 81.6 Å². The summed E-state index contributed by atoms with van der Waals surface area (Å²) < 4.78 is 6.39. The van der Waals surface area contributed by atoms with Gasteiger partial charge in [-0.1, -0.05) is 57.9 Å². The molecule has 1 amide bonds. The van der Waals surface area contributed by atoms with Crippen LogP contribution in [0.2, 0.25) is 0 Å². The van der Waals surface area contributed by atoms with Gasteiger partial charge in [0.15, 0.2) is 5.76 Å². The van der Waals surface area contributed by atoms with Crippen LogP contribution in [0, 0.1) is 6.92 Å². The van der Waals surface area contributed by atoms with Gasteiger partial charge in [-0.15, -0.1) is 0 Å². The van der Waals surface area contributed by atoms with Gasteiger partial charge in [0.2, 0.25) is 0 Å². The van der Waals surface area contributed by atoms with E-state index in [1.807, 2.05) is 61.5 Å². The zero-order chi connectivity index (χ0) is 19.0. The van der Waals surface area contributed by atoms with Gasteiger partial charge in [-0.05, 0) is 42.3 Å². The van der Waals surface area contributed by atoms with Crippen molar-refractivity contribution < 1.29 is 14.3 Å². The van der Waals surface area contributed by atoms with Gasteiger partial charge in [0.1, 0.15) is 5.76 Å². The minimum Gasteiger partial charge on any atom is -0.503 e. The Hall–Kier alpha value is -2.79. The third kappa shape index (κ3) is 3.30. The van der Waals surface area contributed by atoms with E-state index in [1.54, 1.807) is 17.2 Å². The highest BCUT2D eigenvalue weighted by Gasteiger charge is 2.41. The van der Waals surface area contributed by atoms with Crippen molar-refractivity contribution in [3.05, 3.63) is 99.6 Å². The first-order valence-corrected chi connectivity index (χ1v) is 9.43. The summed E-state index contributed by atoms with van der Waals surface area (Å²) in [6.45, 7) is 2.29. The van der Waals surface area contributed by atoms with Crippen LogP contribution in [0.4, 0.5) is 0 Å². The van der Waals surface area contributed by atoms with Crippen molar-refractivity contribution in [3.63, 3.8) is 0 Å². The molecule has 0 bridgehead atoms. The third-order valence-electron chi connectivity index (χ3n) is 4.76. The standard InChI is InChI=1S/C22H18BrNO3/c1-14-4-6-15(7-5-14)19-20(16-8-10-17(23)11-9-16)24(22(26)21(19)25)13-18-3-2-12-27-18/h2-12,20,25H,13H2,1H3/t20-/m1/s1. The number of amides is 1. The zero-order valence-corrected chi connectivity index (χ0v) is 16.3. The normalized spacial score (nSPS) is 17.0. The summed E-state index contributed by atoms with van der Waals surface area (Å²) in [7, 11) is 0. The highest BCUT2D eigenvalue weighted by Crippen LogP contribution is 2.43. The molecule has 0 radical (unpaired) electrons. The summed E-state index contributed by atoms with van der Waals surface area (Å²) in [6, 6.07) is 18.9. The molecule has 1 aliphatic rings. The minimum absolute atomic E-state index is 0.210. The van der Waals surface area contributed by atoms with Crippen LogP contribution in [0.25, 0.3) is 5.57 Å². The molecular weight excluding hydrogens is 406 g/mol. The second kappa shape index (κ2) is 7.08. The van der Waals surface area contributed by atoms with Crippen molar-refractivity contribution in [1.29, 1.82) is 0 Å². The SMILES string of the molecule is Cc1ccc(C2=C(O)C(=O)N(Cc3ccco3)[C@@H]2c2ccc(Br)cc2)cc1. The van der Waals surface area contributed by atoms with E-state index in [2.05, 4.69) is 15.9 Å². The summed E-state index contributed by atoms with van der Waals surface area (Å²) in [5, 5.41) is 10.7. The van der Waals surface area contributed by atoms with Gasteiger partial charge in [-0.3, -0.25) is 4.79 Å². The van der Waals surface area contributed by atoms with E-state index >= 15 is 0 Å². The molecule has 4 nitrogen and oxygen atoms in total. The van der Waals surface area contributed by atoms with E-state index in [0.717, 1.165) is 21.2 Å². The Morgan fingerprint density at radius 3 is 2.41 bits per heavy atom. The Bertz CT molecular complexity index is 989. The van der Waals surface area contributed by atoms with Crippen LogP contribution in [0.3, 0.4) is 0 Å². The first kappa shape index (κ1) is 17.6. The Morgan fingerprint density at radius 2 is 1.78 bits per heavy atom. The summed E-state index contributed by atoms with van der Waals surface area (Å²) in [4.78, 5) is 14.5. The average molecular weight is 424 g/mol. The maximum absolute atomic E-state index is 12.9. The Morgan fingerprint density at radius 1 is 1.07 bits per heavy atom. The first-order chi connectivity index (χ1) is 13.0. The molecule has 2 aromatic carbocycles. The van der Waals surface area contributed by atoms with Gasteiger partial charge >= 0.3 is 0 Å². The number of hydrogen-bond donors (Lipinski definition) is 1. The highest BCUT2D eigenvalue weighted by molar-refractivity contribution is 9.10. The maximum atomic E-state index is 12.9. The molecule has 0 unspecified atom stereocenters. The monoisotopic (exact) mass is 423 g/mol. The van der Waals surface area contributed by atoms with E-state index in [0.29, 0.717) is 11.3 Å². The topological polar surface area (TPSA) is 53.7 Å². The third-order valence-corrected chi connectivity index (χ3v) is 5.29. The molecule has 1 atom stereocenters. The largest absolute Gasteiger partial charge is 0.503 e. The van der Waals surface area contributed by atoms with Crippen LogP contribution in [-0.2, 0) is 11.3 Å². The lowest BCUT2D eigenvalue weighted by Crippen LogP contribution is -2.29. The second-order valence-electron chi connectivity index (χ2n) is 6.59. The molecule has 5 heteroatoms. The summed E-state index contributed by atoms with van der Waals surface area (Å²) in [5.74, 6) is 0.0663. The minimum atomic E-state index is -0.394. The number of aliphatic hydroxyl groups is 1. The van der Waals surface area contributed by atoms with Crippen LogP contribution in [-0.4, -0.2) is 15.9 Å². The number of carbonyl (C=O) groups is 1. The van der Waals surface area contributed by atoms with Crippen LogP contribution >= 0.6 is 15.9 Å². The predicted molar refractivity (Wildman–Crippen MR) is 107 cm³/mol. The Labute approximate surface area is 165 Å². The fraction of sp³-hybridized carbons (Fsp3) is 0.136. The van der Waals surface area contributed by atoms with Crippen molar-refractivity contribution in [2.24, 2.45) is 0 Å². The molecule has 2 heterocycles. The van der Waals surface area contributed by atoms with E-state index in [9.17, 15) is 9.90 Å². The average Bonchev–Trinajstić information content (AvgIpc) is 3.26. The number of hydrogen-bond acceptors (Lipinski definition) is 3. The molecule has 0 saturated carbocycles. The fourth-order valence-corrected chi connectivity index (χ4v) is 3.67. The number of aliphatic hydroxyl groups excluding tert-OH is 1. The molecule has 3 aromatic rings. The number of rotatable bonds is 4. The molecule has 1 aromatic heterocycles. The quantitative estimate of drug-likeness (QED) is 0.610. The smallest absolute Gasteiger partial charge is 0.290 e. The lowest BCUT2D eigenvalue weighted by atomic mass is 9.93. The Balaban J connectivity index is 1.82. The molecule has 0 saturated heterocycles. The van der Waals surface area contributed by atoms with Crippen molar-refractivity contribution in [1.82, 2.24) is 4.90 Å². The lowest BCUT2D eigenvalue weighted by molar-refractivity contribution is -0.130. The highest BCUT2D eigenvalue weighted by atomic mass is 79.9. The molecule has 0 spiro atoms. The lowest BCUT2D eigenvalue weighted by Gasteiger charge is -2.26. The van der Waals surface area contributed by atoms with Crippen molar-refractivity contribution in [3.8, 4) is 0 Å². The van der Waals surface area contributed by atoms with Gasteiger partial charge in [0.25, 0.3) is 5.91 Å². The molecule has 4 rings (SSSR count). The van der Waals surface area contributed by atoms with E-state index in [-0.39, 0.29) is 12.3 Å². The molecule has 1 aliphatic heterocycles. The number of furan rings is 1. The molecule has 0 aliphatic carbocycles. The predicted octanol–water partition coefficient (Wildman–Crippen LogP) is 5.40. The maximum Gasteiger partial charge on any atom is 0.290 e. The molecule has 136 valence electrons. The van der Waals surface area contributed by atoms with E-state index in [4.69, 9.17) is 4.42 Å².